The van der Waals surface area contributed by atoms with Gasteiger partial charge in [0.25, 0.3) is 5.91 Å². The number of anilines is 2. The Hall–Kier alpha value is -1.71. The number of hydrogen-bond acceptors (Lipinski definition) is 3. The van der Waals surface area contributed by atoms with Crippen LogP contribution in [0.25, 0.3) is 0 Å². The second-order valence-electron chi connectivity index (χ2n) is 6.15. The number of carbonyl (C=O) groups excluding carboxylic acids is 1. The summed E-state index contributed by atoms with van der Waals surface area (Å²) in [6.07, 6.45) is 0.972. The van der Waals surface area contributed by atoms with E-state index >= 15 is 0 Å². The lowest BCUT2D eigenvalue weighted by molar-refractivity contribution is 0.0950. The minimum Gasteiger partial charge on any atom is -0.382 e. The Balaban J connectivity index is 2.03. The van der Waals surface area contributed by atoms with Gasteiger partial charge in [0, 0.05) is 19.6 Å². The maximum Gasteiger partial charge on any atom is 0.253 e. The standard InChI is InChI=1S/C15H23N3O/c1-15(2,3)7-8-18-14(19)11-5-4-6-12-13(11)17-10-9-16-12/h4-6,16-17H,7-10H2,1-3H3,(H,18,19). The predicted molar refractivity (Wildman–Crippen MR) is 79.8 cm³/mol. The fourth-order valence-corrected chi connectivity index (χ4v) is 2.11. The zero-order chi connectivity index (χ0) is 13.9. The molecule has 0 unspecified atom stereocenters. The number of amides is 1. The monoisotopic (exact) mass is 261 g/mol. The van der Waals surface area contributed by atoms with Gasteiger partial charge >= 0.3 is 0 Å². The normalized spacial score (nSPS) is 14.1. The van der Waals surface area contributed by atoms with E-state index in [-0.39, 0.29) is 11.3 Å². The van der Waals surface area contributed by atoms with Crippen LogP contribution in [0.2, 0.25) is 0 Å². The van der Waals surface area contributed by atoms with E-state index in [1.165, 1.54) is 0 Å². The smallest absolute Gasteiger partial charge is 0.253 e. The molecular weight excluding hydrogens is 238 g/mol. The average Bonchev–Trinajstić information content (AvgIpc) is 2.36. The van der Waals surface area contributed by atoms with E-state index in [0.29, 0.717) is 6.54 Å². The minimum atomic E-state index is -0.00250. The highest BCUT2D eigenvalue weighted by Gasteiger charge is 2.17. The molecule has 4 heteroatoms. The number of rotatable bonds is 3. The van der Waals surface area contributed by atoms with E-state index in [9.17, 15) is 4.79 Å². The van der Waals surface area contributed by atoms with Gasteiger partial charge < -0.3 is 16.0 Å². The van der Waals surface area contributed by atoms with Gasteiger partial charge in [-0.1, -0.05) is 26.8 Å². The Morgan fingerprint density at radius 1 is 1.26 bits per heavy atom. The van der Waals surface area contributed by atoms with Crippen LogP contribution >= 0.6 is 0 Å². The van der Waals surface area contributed by atoms with Gasteiger partial charge in [-0.25, -0.2) is 0 Å². The maximum atomic E-state index is 12.2. The zero-order valence-corrected chi connectivity index (χ0v) is 12.0. The molecule has 1 aliphatic rings. The van der Waals surface area contributed by atoms with E-state index in [1.54, 1.807) is 0 Å². The first kappa shape index (κ1) is 13.7. The summed E-state index contributed by atoms with van der Waals surface area (Å²) >= 11 is 0. The van der Waals surface area contributed by atoms with Crippen LogP contribution in [0.5, 0.6) is 0 Å². The third-order valence-corrected chi connectivity index (χ3v) is 3.21. The van der Waals surface area contributed by atoms with Crippen LogP contribution in [-0.2, 0) is 0 Å². The molecule has 0 aromatic heterocycles. The maximum absolute atomic E-state index is 12.2. The van der Waals surface area contributed by atoms with Crippen LogP contribution in [0, 0.1) is 5.41 Å². The van der Waals surface area contributed by atoms with Crippen LogP contribution in [0.15, 0.2) is 18.2 Å². The van der Waals surface area contributed by atoms with Crippen molar-refractivity contribution in [2.24, 2.45) is 5.41 Å². The van der Waals surface area contributed by atoms with Crippen molar-refractivity contribution in [3.63, 3.8) is 0 Å². The first-order valence-corrected chi connectivity index (χ1v) is 6.86. The highest BCUT2D eigenvalue weighted by atomic mass is 16.1. The Labute approximate surface area is 115 Å². The van der Waals surface area contributed by atoms with Crippen molar-refractivity contribution in [2.45, 2.75) is 27.2 Å². The zero-order valence-electron chi connectivity index (χ0n) is 12.0. The molecule has 0 aliphatic carbocycles. The lowest BCUT2D eigenvalue weighted by atomic mass is 9.92. The lowest BCUT2D eigenvalue weighted by Crippen LogP contribution is -2.29. The molecule has 0 bridgehead atoms. The predicted octanol–water partition coefficient (Wildman–Crippen LogP) is 2.69. The van der Waals surface area contributed by atoms with Crippen molar-refractivity contribution in [1.82, 2.24) is 5.32 Å². The summed E-state index contributed by atoms with van der Waals surface area (Å²) < 4.78 is 0. The summed E-state index contributed by atoms with van der Waals surface area (Å²) in [4.78, 5) is 12.2. The van der Waals surface area contributed by atoms with Crippen molar-refractivity contribution in [3.05, 3.63) is 23.8 Å². The first-order valence-electron chi connectivity index (χ1n) is 6.86. The Bertz CT molecular complexity index is 463. The van der Waals surface area contributed by atoms with Crippen molar-refractivity contribution in [1.29, 1.82) is 0 Å². The molecule has 4 nitrogen and oxygen atoms in total. The molecule has 1 amide bonds. The van der Waals surface area contributed by atoms with Crippen LogP contribution < -0.4 is 16.0 Å². The summed E-state index contributed by atoms with van der Waals surface area (Å²) in [7, 11) is 0. The average molecular weight is 261 g/mol. The van der Waals surface area contributed by atoms with Gasteiger partial charge in [0.15, 0.2) is 0 Å². The molecule has 19 heavy (non-hydrogen) atoms. The van der Waals surface area contributed by atoms with Gasteiger partial charge in [-0.05, 0) is 24.0 Å². The molecule has 0 radical (unpaired) electrons. The van der Waals surface area contributed by atoms with Crippen LogP contribution in [0.1, 0.15) is 37.6 Å². The molecule has 104 valence electrons. The van der Waals surface area contributed by atoms with Crippen LogP contribution in [0.3, 0.4) is 0 Å². The molecule has 1 heterocycles. The Kier molecular flexibility index (Phi) is 3.98. The van der Waals surface area contributed by atoms with Crippen molar-refractivity contribution in [3.8, 4) is 0 Å². The molecule has 0 spiro atoms. The molecule has 3 N–H and O–H groups in total. The van der Waals surface area contributed by atoms with Gasteiger partial charge in [-0.2, -0.15) is 0 Å². The molecule has 0 atom stereocenters. The molecule has 0 fully saturated rings. The lowest BCUT2D eigenvalue weighted by Gasteiger charge is -2.23. The first-order chi connectivity index (χ1) is 8.97. The van der Waals surface area contributed by atoms with E-state index in [0.717, 1.165) is 36.4 Å². The summed E-state index contributed by atoms with van der Waals surface area (Å²) in [5, 5.41) is 9.59. The third-order valence-electron chi connectivity index (χ3n) is 3.21. The number of para-hydroxylation sites is 1. The molecule has 0 saturated carbocycles. The van der Waals surface area contributed by atoms with E-state index < -0.39 is 0 Å². The quantitative estimate of drug-likeness (QED) is 0.784. The molecule has 0 saturated heterocycles. The molecule has 1 aliphatic heterocycles. The van der Waals surface area contributed by atoms with Gasteiger partial charge in [0.05, 0.1) is 16.9 Å². The highest BCUT2D eigenvalue weighted by Crippen LogP contribution is 2.28. The van der Waals surface area contributed by atoms with E-state index in [2.05, 4.69) is 36.7 Å². The third kappa shape index (κ3) is 3.63. The van der Waals surface area contributed by atoms with Gasteiger partial charge in [-0.15, -0.1) is 0 Å². The van der Waals surface area contributed by atoms with Gasteiger partial charge in [0.2, 0.25) is 0 Å². The van der Waals surface area contributed by atoms with E-state index in [1.807, 2.05) is 18.2 Å². The highest BCUT2D eigenvalue weighted by molar-refractivity contribution is 6.02. The SMILES string of the molecule is CC(C)(C)CCNC(=O)c1cccc2c1NCCN2. The number of nitrogens with one attached hydrogen (secondary N) is 3. The second kappa shape index (κ2) is 5.51. The van der Waals surface area contributed by atoms with Crippen molar-refractivity contribution < 1.29 is 4.79 Å². The molecule has 1 aromatic carbocycles. The van der Waals surface area contributed by atoms with E-state index in [4.69, 9.17) is 0 Å². The summed E-state index contributed by atoms with van der Waals surface area (Å²) in [5.41, 5.74) is 2.89. The summed E-state index contributed by atoms with van der Waals surface area (Å²) in [6, 6.07) is 5.77. The molecule has 1 aromatic rings. The Morgan fingerprint density at radius 2 is 2.00 bits per heavy atom. The fraction of sp³-hybridized carbons (Fsp3) is 0.533. The molecular formula is C15H23N3O. The fourth-order valence-electron chi connectivity index (χ4n) is 2.11. The number of fused-ring (bicyclic) bond motifs is 1. The van der Waals surface area contributed by atoms with Crippen LogP contribution in [-0.4, -0.2) is 25.5 Å². The van der Waals surface area contributed by atoms with Crippen LogP contribution in [0.4, 0.5) is 11.4 Å². The van der Waals surface area contributed by atoms with Crippen molar-refractivity contribution >= 4 is 17.3 Å². The Morgan fingerprint density at radius 3 is 2.74 bits per heavy atom. The summed E-state index contributed by atoms with van der Waals surface area (Å²) in [6.45, 7) is 8.97. The largest absolute Gasteiger partial charge is 0.382 e. The van der Waals surface area contributed by atoms with Gasteiger partial charge in [-0.3, -0.25) is 4.79 Å². The number of carbonyl (C=O) groups is 1. The number of hydrogen-bond donors (Lipinski definition) is 3. The van der Waals surface area contributed by atoms with Crippen molar-refractivity contribution in [2.75, 3.05) is 30.3 Å². The molecule has 2 rings (SSSR count). The summed E-state index contributed by atoms with van der Waals surface area (Å²) in [5.74, 6) is -0.00250. The second-order valence-corrected chi connectivity index (χ2v) is 6.15. The number of benzene rings is 1. The van der Waals surface area contributed by atoms with Gasteiger partial charge in [0.1, 0.15) is 0 Å². The topological polar surface area (TPSA) is 53.2 Å². The minimum absolute atomic E-state index is 0.00250.